The van der Waals surface area contributed by atoms with Gasteiger partial charge in [-0.1, -0.05) is 0 Å². The lowest BCUT2D eigenvalue weighted by Gasteiger charge is -2.13. The standard InChI is InChI=1S/C11H17NO5/c1-2-17-9(13)6-5-8(11(15)16)12-10(14)7-3-4-7/h7-8H,2-6H2,1H3,(H,12,14)(H,15,16)/t8-/m0/s1. The summed E-state index contributed by atoms with van der Waals surface area (Å²) in [4.78, 5) is 33.4. The Bertz CT molecular complexity index is 311. The van der Waals surface area contributed by atoms with Gasteiger partial charge in [-0.2, -0.15) is 0 Å². The van der Waals surface area contributed by atoms with Gasteiger partial charge in [0.25, 0.3) is 0 Å². The molecule has 0 saturated heterocycles. The number of carboxylic acid groups (broad SMARTS) is 1. The molecule has 0 radical (unpaired) electrons. The highest BCUT2D eigenvalue weighted by atomic mass is 16.5. The van der Waals surface area contributed by atoms with Gasteiger partial charge < -0.3 is 15.2 Å². The van der Waals surface area contributed by atoms with Crippen LogP contribution in [0.1, 0.15) is 32.6 Å². The lowest BCUT2D eigenvalue weighted by atomic mass is 10.1. The highest BCUT2D eigenvalue weighted by Crippen LogP contribution is 2.29. The van der Waals surface area contributed by atoms with Crippen LogP contribution in [0.4, 0.5) is 0 Å². The number of hydrogen-bond donors (Lipinski definition) is 2. The van der Waals surface area contributed by atoms with Crippen LogP contribution in [0.15, 0.2) is 0 Å². The van der Waals surface area contributed by atoms with Crippen LogP contribution < -0.4 is 5.32 Å². The summed E-state index contributed by atoms with van der Waals surface area (Å²) in [6.45, 7) is 1.95. The molecule has 0 aromatic rings. The van der Waals surface area contributed by atoms with Crippen LogP contribution in [0.3, 0.4) is 0 Å². The second-order valence-electron chi connectivity index (χ2n) is 4.02. The highest BCUT2D eigenvalue weighted by molar-refractivity contribution is 5.86. The molecule has 96 valence electrons. The zero-order chi connectivity index (χ0) is 12.8. The predicted octanol–water partition coefficient (Wildman–Crippen LogP) is 0.309. The third-order valence-corrected chi connectivity index (χ3v) is 2.51. The number of amides is 1. The van der Waals surface area contributed by atoms with Crippen molar-refractivity contribution in [2.75, 3.05) is 6.61 Å². The van der Waals surface area contributed by atoms with Gasteiger partial charge >= 0.3 is 11.9 Å². The Morgan fingerprint density at radius 2 is 2.06 bits per heavy atom. The maximum Gasteiger partial charge on any atom is 0.326 e. The number of carbonyl (C=O) groups is 3. The SMILES string of the molecule is CCOC(=O)CC[C@H](NC(=O)C1CC1)C(=O)O. The van der Waals surface area contributed by atoms with Crippen molar-refractivity contribution in [2.24, 2.45) is 5.92 Å². The smallest absolute Gasteiger partial charge is 0.326 e. The van der Waals surface area contributed by atoms with Crippen molar-refractivity contribution in [3.05, 3.63) is 0 Å². The van der Waals surface area contributed by atoms with E-state index >= 15 is 0 Å². The molecule has 0 bridgehead atoms. The molecule has 1 atom stereocenters. The first-order chi connectivity index (χ1) is 8.04. The monoisotopic (exact) mass is 243 g/mol. The molecule has 2 N–H and O–H groups in total. The summed E-state index contributed by atoms with van der Waals surface area (Å²) in [6.07, 6.45) is 1.69. The molecule has 1 rings (SSSR count). The number of carboxylic acids is 1. The Morgan fingerprint density at radius 1 is 1.41 bits per heavy atom. The molecule has 0 aromatic heterocycles. The van der Waals surface area contributed by atoms with E-state index in [4.69, 9.17) is 9.84 Å². The normalized spacial score (nSPS) is 16.1. The molecule has 6 heteroatoms. The summed E-state index contributed by atoms with van der Waals surface area (Å²) >= 11 is 0. The van der Waals surface area contributed by atoms with E-state index in [1.54, 1.807) is 6.92 Å². The van der Waals surface area contributed by atoms with Crippen molar-refractivity contribution < 1.29 is 24.2 Å². The number of esters is 1. The van der Waals surface area contributed by atoms with Gasteiger partial charge in [-0.15, -0.1) is 0 Å². The van der Waals surface area contributed by atoms with E-state index < -0.39 is 18.0 Å². The number of aliphatic carboxylic acids is 1. The van der Waals surface area contributed by atoms with Crippen LogP contribution >= 0.6 is 0 Å². The summed E-state index contributed by atoms with van der Waals surface area (Å²) in [5, 5.41) is 11.3. The summed E-state index contributed by atoms with van der Waals surface area (Å²) in [5.41, 5.74) is 0. The van der Waals surface area contributed by atoms with E-state index in [0.717, 1.165) is 12.8 Å². The molecule has 0 unspecified atom stereocenters. The molecule has 0 spiro atoms. The number of ether oxygens (including phenoxy) is 1. The van der Waals surface area contributed by atoms with Crippen molar-refractivity contribution in [1.29, 1.82) is 0 Å². The van der Waals surface area contributed by atoms with Crippen molar-refractivity contribution >= 4 is 17.8 Å². The molecule has 1 aliphatic rings. The number of nitrogens with one attached hydrogen (secondary N) is 1. The number of rotatable bonds is 7. The lowest BCUT2D eigenvalue weighted by molar-refractivity contribution is -0.145. The maximum atomic E-state index is 11.4. The quantitative estimate of drug-likeness (QED) is 0.628. The fourth-order valence-electron chi connectivity index (χ4n) is 1.39. The molecule has 0 aromatic carbocycles. The largest absolute Gasteiger partial charge is 0.480 e. The molecular weight excluding hydrogens is 226 g/mol. The topological polar surface area (TPSA) is 92.7 Å². The summed E-state index contributed by atoms with van der Waals surface area (Å²) in [5.74, 6) is -1.84. The highest BCUT2D eigenvalue weighted by Gasteiger charge is 2.32. The molecule has 17 heavy (non-hydrogen) atoms. The van der Waals surface area contributed by atoms with Crippen LogP contribution in [0.2, 0.25) is 0 Å². The molecule has 6 nitrogen and oxygen atoms in total. The Labute approximate surface area is 99.3 Å². The number of hydrogen-bond acceptors (Lipinski definition) is 4. The predicted molar refractivity (Wildman–Crippen MR) is 58.2 cm³/mol. The van der Waals surface area contributed by atoms with Gasteiger partial charge in [0.05, 0.1) is 6.61 Å². The molecule has 1 fully saturated rings. The Hall–Kier alpha value is -1.59. The molecular formula is C11H17NO5. The second kappa shape index (κ2) is 6.22. The van der Waals surface area contributed by atoms with Gasteiger partial charge in [0.2, 0.25) is 5.91 Å². The van der Waals surface area contributed by atoms with Crippen molar-refractivity contribution in [1.82, 2.24) is 5.32 Å². The van der Waals surface area contributed by atoms with E-state index in [0.29, 0.717) is 0 Å². The van der Waals surface area contributed by atoms with Crippen molar-refractivity contribution in [3.63, 3.8) is 0 Å². The summed E-state index contributed by atoms with van der Waals surface area (Å²) < 4.78 is 4.69. The minimum atomic E-state index is -1.12. The van der Waals surface area contributed by atoms with Gasteiger partial charge in [-0.3, -0.25) is 9.59 Å². The first kappa shape index (κ1) is 13.5. The Balaban J connectivity index is 2.34. The Morgan fingerprint density at radius 3 is 2.53 bits per heavy atom. The molecule has 1 amide bonds. The van der Waals surface area contributed by atoms with E-state index in [9.17, 15) is 14.4 Å². The lowest BCUT2D eigenvalue weighted by Crippen LogP contribution is -2.41. The minimum absolute atomic E-state index is 0.00421. The zero-order valence-electron chi connectivity index (χ0n) is 9.77. The average molecular weight is 243 g/mol. The summed E-state index contributed by atoms with van der Waals surface area (Å²) in [7, 11) is 0. The molecule has 1 saturated carbocycles. The van der Waals surface area contributed by atoms with E-state index in [-0.39, 0.29) is 31.3 Å². The molecule has 1 aliphatic carbocycles. The number of carbonyl (C=O) groups excluding carboxylic acids is 2. The van der Waals surface area contributed by atoms with Gasteiger partial charge in [0.15, 0.2) is 0 Å². The second-order valence-corrected chi connectivity index (χ2v) is 4.02. The zero-order valence-corrected chi connectivity index (χ0v) is 9.77. The molecule has 0 aliphatic heterocycles. The average Bonchev–Trinajstić information content (AvgIpc) is 3.07. The first-order valence-electron chi connectivity index (χ1n) is 5.73. The fraction of sp³-hybridized carbons (Fsp3) is 0.727. The van der Waals surface area contributed by atoms with Crippen molar-refractivity contribution in [3.8, 4) is 0 Å². The Kier molecular flexibility index (Phi) is 4.93. The van der Waals surface area contributed by atoms with Crippen LogP contribution in [-0.4, -0.2) is 35.6 Å². The van der Waals surface area contributed by atoms with E-state index in [1.165, 1.54) is 0 Å². The van der Waals surface area contributed by atoms with Gasteiger partial charge in [-0.05, 0) is 26.2 Å². The third kappa shape index (κ3) is 4.84. The van der Waals surface area contributed by atoms with Crippen LogP contribution in [0.5, 0.6) is 0 Å². The molecule has 0 heterocycles. The van der Waals surface area contributed by atoms with Crippen LogP contribution in [0, 0.1) is 5.92 Å². The maximum absolute atomic E-state index is 11.4. The minimum Gasteiger partial charge on any atom is -0.480 e. The van der Waals surface area contributed by atoms with Gasteiger partial charge in [-0.25, -0.2) is 4.79 Å². The van der Waals surface area contributed by atoms with Crippen molar-refractivity contribution in [2.45, 2.75) is 38.6 Å². The third-order valence-electron chi connectivity index (χ3n) is 2.51. The fourth-order valence-corrected chi connectivity index (χ4v) is 1.39. The summed E-state index contributed by atoms with van der Waals surface area (Å²) in [6, 6.07) is -1.01. The van der Waals surface area contributed by atoms with Crippen LogP contribution in [0.25, 0.3) is 0 Å². The first-order valence-corrected chi connectivity index (χ1v) is 5.73. The van der Waals surface area contributed by atoms with E-state index in [1.807, 2.05) is 0 Å². The van der Waals surface area contributed by atoms with Crippen LogP contribution in [-0.2, 0) is 19.1 Å². The van der Waals surface area contributed by atoms with Gasteiger partial charge in [0, 0.05) is 12.3 Å². The van der Waals surface area contributed by atoms with E-state index in [2.05, 4.69) is 5.32 Å². The van der Waals surface area contributed by atoms with Gasteiger partial charge in [0.1, 0.15) is 6.04 Å².